The van der Waals surface area contributed by atoms with E-state index in [4.69, 9.17) is 4.74 Å². The fraction of sp³-hybridized carbons (Fsp3) is 0.846. The van der Waals surface area contributed by atoms with Crippen molar-refractivity contribution in [3.63, 3.8) is 0 Å². The normalized spacial score (nSPS) is 18.1. The molecule has 0 aromatic heterocycles. The molecule has 1 atom stereocenters. The zero-order chi connectivity index (χ0) is 13.1. The van der Waals surface area contributed by atoms with Gasteiger partial charge in [-0.15, -0.1) is 0 Å². The van der Waals surface area contributed by atoms with E-state index in [0.717, 1.165) is 12.7 Å². The summed E-state index contributed by atoms with van der Waals surface area (Å²) < 4.78 is 5.24. The first-order valence-corrected chi connectivity index (χ1v) is 6.24. The summed E-state index contributed by atoms with van der Waals surface area (Å²) in [6.45, 7) is 5.46. The van der Waals surface area contributed by atoms with Crippen molar-refractivity contribution in [3.8, 4) is 0 Å². The molecular formula is C13H23NO3. The number of ether oxygens (including phenoxy) is 1. The fourth-order valence-corrected chi connectivity index (χ4v) is 1.84. The van der Waals surface area contributed by atoms with Crippen molar-refractivity contribution in [2.24, 2.45) is 5.92 Å². The predicted octanol–water partition coefficient (Wildman–Crippen LogP) is 2.61. The minimum absolute atomic E-state index is 0.352. The standard InChI is InChI=1S/C13H23NO3/c1-13(2,3)17-12(16)14(4)11(9-15)8-10-6-5-7-10/h9-11H,5-8H2,1-4H3. The fourth-order valence-electron chi connectivity index (χ4n) is 1.84. The largest absolute Gasteiger partial charge is 0.444 e. The number of nitrogens with zero attached hydrogens (tertiary/aromatic N) is 1. The highest BCUT2D eigenvalue weighted by Gasteiger charge is 2.29. The first-order chi connectivity index (χ1) is 7.83. The van der Waals surface area contributed by atoms with Crippen LogP contribution in [0.2, 0.25) is 0 Å². The lowest BCUT2D eigenvalue weighted by molar-refractivity contribution is -0.112. The first-order valence-electron chi connectivity index (χ1n) is 6.24. The van der Waals surface area contributed by atoms with E-state index in [1.54, 1.807) is 7.05 Å². The molecule has 0 aromatic carbocycles. The Bertz CT molecular complexity index is 279. The van der Waals surface area contributed by atoms with Gasteiger partial charge >= 0.3 is 6.09 Å². The highest BCUT2D eigenvalue weighted by atomic mass is 16.6. The molecule has 0 bridgehead atoms. The van der Waals surface area contributed by atoms with Crippen molar-refractivity contribution < 1.29 is 14.3 Å². The van der Waals surface area contributed by atoms with Crippen LogP contribution in [-0.4, -0.2) is 36.0 Å². The monoisotopic (exact) mass is 241 g/mol. The molecule has 1 saturated carbocycles. The van der Waals surface area contributed by atoms with Gasteiger partial charge in [-0.25, -0.2) is 4.79 Å². The molecule has 0 aliphatic heterocycles. The number of hydrogen-bond acceptors (Lipinski definition) is 3. The van der Waals surface area contributed by atoms with E-state index in [2.05, 4.69) is 0 Å². The Morgan fingerprint density at radius 2 is 2.06 bits per heavy atom. The van der Waals surface area contributed by atoms with Crippen molar-refractivity contribution in [1.82, 2.24) is 4.90 Å². The van der Waals surface area contributed by atoms with Gasteiger partial charge in [0.1, 0.15) is 11.9 Å². The highest BCUT2D eigenvalue weighted by molar-refractivity contribution is 5.73. The number of carbonyl (C=O) groups is 2. The van der Waals surface area contributed by atoms with Crippen LogP contribution in [0.3, 0.4) is 0 Å². The predicted molar refractivity (Wildman–Crippen MR) is 65.8 cm³/mol. The number of rotatable bonds is 4. The summed E-state index contributed by atoms with van der Waals surface area (Å²) in [4.78, 5) is 24.2. The second-order valence-electron chi connectivity index (χ2n) is 5.83. The third-order valence-corrected chi connectivity index (χ3v) is 3.14. The van der Waals surface area contributed by atoms with Crippen molar-refractivity contribution >= 4 is 12.4 Å². The lowest BCUT2D eigenvalue weighted by atomic mass is 9.81. The molecule has 0 saturated heterocycles. The van der Waals surface area contributed by atoms with E-state index < -0.39 is 11.7 Å². The molecule has 4 heteroatoms. The van der Waals surface area contributed by atoms with E-state index >= 15 is 0 Å². The Balaban J connectivity index is 2.49. The smallest absolute Gasteiger partial charge is 0.410 e. The van der Waals surface area contributed by atoms with Gasteiger partial charge in [0.2, 0.25) is 0 Å². The van der Waals surface area contributed by atoms with Crippen LogP contribution < -0.4 is 0 Å². The molecular weight excluding hydrogens is 218 g/mol. The van der Waals surface area contributed by atoms with Crippen LogP contribution >= 0.6 is 0 Å². The molecule has 4 nitrogen and oxygen atoms in total. The van der Waals surface area contributed by atoms with E-state index in [9.17, 15) is 9.59 Å². The van der Waals surface area contributed by atoms with Crippen LogP contribution in [0.15, 0.2) is 0 Å². The van der Waals surface area contributed by atoms with Crippen LogP contribution in [0.4, 0.5) is 4.79 Å². The Labute approximate surface area is 103 Å². The van der Waals surface area contributed by atoms with E-state index in [0.29, 0.717) is 5.92 Å². The van der Waals surface area contributed by atoms with Gasteiger partial charge in [-0.2, -0.15) is 0 Å². The van der Waals surface area contributed by atoms with Crippen molar-refractivity contribution in [1.29, 1.82) is 0 Å². The average Bonchev–Trinajstić information content (AvgIpc) is 2.13. The first kappa shape index (κ1) is 14.0. The molecule has 1 unspecified atom stereocenters. The lowest BCUT2D eigenvalue weighted by Crippen LogP contribution is -2.43. The summed E-state index contributed by atoms with van der Waals surface area (Å²) in [5, 5.41) is 0. The second-order valence-corrected chi connectivity index (χ2v) is 5.83. The molecule has 98 valence electrons. The van der Waals surface area contributed by atoms with Crippen molar-refractivity contribution in [2.45, 2.75) is 58.1 Å². The molecule has 0 heterocycles. The number of carbonyl (C=O) groups excluding carboxylic acids is 2. The van der Waals surface area contributed by atoms with Crippen LogP contribution in [-0.2, 0) is 9.53 Å². The number of aldehydes is 1. The van der Waals surface area contributed by atoms with Crippen LogP contribution in [0, 0.1) is 5.92 Å². The minimum Gasteiger partial charge on any atom is -0.444 e. The average molecular weight is 241 g/mol. The maximum absolute atomic E-state index is 11.8. The van der Waals surface area contributed by atoms with E-state index in [1.807, 2.05) is 20.8 Å². The molecule has 0 radical (unpaired) electrons. The molecule has 1 fully saturated rings. The quantitative estimate of drug-likeness (QED) is 0.711. The van der Waals surface area contributed by atoms with E-state index in [-0.39, 0.29) is 6.04 Å². The van der Waals surface area contributed by atoms with Gasteiger partial charge in [-0.05, 0) is 33.1 Å². The summed E-state index contributed by atoms with van der Waals surface area (Å²) in [5.41, 5.74) is -0.519. The minimum atomic E-state index is -0.519. The molecule has 1 aliphatic carbocycles. The van der Waals surface area contributed by atoms with Gasteiger partial charge in [-0.1, -0.05) is 19.3 Å². The maximum Gasteiger partial charge on any atom is 0.410 e. The summed E-state index contributed by atoms with van der Waals surface area (Å²) in [6.07, 6.45) is 4.78. The summed E-state index contributed by atoms with van der Waals surface area (Å²) in [6, 6.07) is -0.352. The van der Waals surface area contributed by atoms with Crippen LogP contribution in [0.5, 0.6) is 0 Å². The Morgan fingerprint density at radius 3 is 2.41 bits per heavy atom. The third-order valence-electron chi connectivity index (χ3n) is 3.14. The van der Waals surface area contributed by atoms with Gasteiger partial charge in [0.05, 0.1) is 6.04 Å². The molecule has 1 aliphatic rings. The van der Waals surface area contributed by atoms with Gasteiger partial charge in [0, 0.05) is 7.05 Å². The van der Waals surface area contributed by atoms with Gasteiger partial charge in [0.25, 0.3) is 0 Å². The van der Waals surface area contributed by atoms with E-state index in [1.165, 1.54) is 24.2 Å². The summed E-state index contributed by atoms with van der Waals surface area (Å²) in [7, 11) is 1.63. The molecule has 0 aromatic rings. The molecule has 1 rings (SSSR count). The lowest BCUT2D eigenvalue weighted by Gasteiger charge is -2.32. The second kappa shape index (κ2) is 5.52. The zero-order valence-electron chi connectivity index (χ0n) is 11.2. The van der Waals surface area contributed by atoms with Gasteiger partial charge in [0.15, 0.2) is 0 Å². The van der Waals surface area contributed by atoms with Crippen molar-refractivity contribution in [2.75, 3.05) is 7.05 Å². The van der Waals surface area contributed by atoms with Gasteiger partial charge < -0.3 is 14.4 Å². The van der Waals surface area contributed by atoms with Crippen molar-refractivity contribution in [3.05, 3.63) is 0 Å². The number of likely N-dealkylation sites (N-methyl/N-ethyl adjacent to an activating group) is 1. The van der Waals surface area contributed by atoms with Crippen LogP contribution in [0.25, 0.3) is 0 Å². The number of amides is 1. The Hall–Kier alpha value is -1.06. The van der Waals surface area contributed by atoms with Crippen LogP contribution in [0.1, 0.15) is 46.5 Å². The third kappa shape index (κ3) is 4.36. The SMILES string of the molecule is CN(C(=O)OC(C)(C)C)C(C=O)CC1CCC1. The summed E-state index contributed by atoms with van der Waals surface area (Å²) >= 11 is 0. The number of hydrogen-bond donors (Lipinski definition) is 0. The Morgan fingerprint density at radius 1 is 1.47 bits per heavy atom. The molecule has 17 heavy (non-hydrogen) atoms. The highest BCUT2D eigenvalue weighted by Crippen LogP contribution is 2.31. The molecule has 0 N–H and O–H groups in total. The molecule has 0 spiro atoms. The summed E-state index contributed by atoms with van der Waals surface area (Å²) in [5.74, 6) is 0.593. The Kier molecular flexibility index (Phi) is 4.54. The topological polar surface area (TPSA) is 46.6 Å². The maximum atomic E-state index is 11.8. The zero-order valence-corrected chi connectivity index (χ0v) is 11.2. The molecule has 1 amide bonds. The van der Waals surface area contributed by atoms with Gasteiger partial charge in [-0.3, -0.25) is 0 Å².